The van der Waals surface area contributed by atoms with E-state index < -0.39 is 0 Å². The predicted molar refractivity (Wildman–Crippen MR) is 81.9 cm³/mol. The van der Waals surface area contributed by atoms with Crippen LogP contribution in [0.1, 0.15) is 25.8 Å². The molecular formula is C17H26N2O. The molecule has 3 heteroatoms. The summed E-state index contributed by atoms with van der Waals surface area (Å²) in [4.78, 5) is 2.67. The van der Waals surface area contributed by atoms with Crippen molar-refractivity contribution >= 4 is 0 Å². The zero-order valence-corrected chi connectivity index (χ0v) is 12.6. The minimum atomic E-state index is 0.382. The highest BCUT2D eigenvalue weighted by molar-refractivity contribution is 5.16. The van der Waals surface area contributed by atoms with E-state index in [1.165, 1.54) is 12.0 Å². The zero-order chi connectivity index (χ0) is 13.9. The molecule has 0 bridgehead atoms. The van der Waals surface area contributed by atoms with Gasteiger partial charge in [-0.05, 0) is 32.3 Å². The van der Waals surface area contributed by atoms with Gasteiger partial charge in [-0.3, -0.25) is 4.90 Å². The van der Waals surface area contributed by atoms with E-state index >= 15 is 0 Å². The first kappa shape index (κ1) is 14.1. The number of hydrogen-bond acceptors (Lipinski definition) is 3. The summed E-state index contributed by atoms with van der Waals surface area (Å²) in [5.74, 6) is 0. The summed E-state index contributed by atoms with van der Waals surface area (Å²) in [5, 5.41) is 3.70. The van der Waals surface area contributed by atoms with Gasteiger partial charge < -0.3 is 10.1 Å². The number of nitrogens with zero attached hydrogens (tertiary/aromatic N) is 1. The van der Waals surface area contributed by atoms with Gasteiger partial charge in [0.25, 0.3) is 0 Å². The predicted octanol–water partition coefficient (Wildman–Crippen LogP) is 2.07. The third kappa shape index (κ3) is 3.05. The van der Waals surface area contributed by atoms with E-state index in [1.54, 1.807) is 0 Å². The Morgan fingerprint density at radius 2 is 2.05 bits per heavy atom. The van der Waals surface area contributed by atoms with E-state index in [2.05, 4.69) is 54.4 Å². The van der Waals surface area contributed by atoms with Crippen molar-refractivity contribution in [1.82, 2.24) is 10.2 Å². The Bertz CT molecular complexity index is 422. The maximum atomic E-state index is 5.76. The topological polar surface area (TPSA) is 24.5 Å². The first-order chi connectivity index (χ1) is 9.74. The monoisotopic (exact) mass is 274 g/mol. The number of nitrogens with one attached hydrogen (secondary N) is 1. The van der Waals surface area contributed by atoms with Crippen LogP contribution in [-0.2, 0) is 11.2 Å². The molecule has 3 nitrogen and oxygen atoms in total. The highest BCUT2D eigenvalue weighted by atomic mass is 16.5. The third-order valence-electron chi connectivity index (χ3n) is 4.79. The lowest BCUT2D eigenvalue weighted by atomic mass is 9.98. The van der Waals surface area contributed by atoms with E-state index in [4.69, 9.17) is 4.74 Å². The first-order valence-electron chi connectivity index (χ1n) is 7.88. The van der Waals surface area contributed by atoms with Crippen molar-refractivity contribution in [1.29, 1.82) is 0 Å². The number of benzene rings is 1. The molecule has 1 aromatic carbocycles. The second-order valence-corrected chi connectivity index (χ2v) is 6.27. The third-order valence-corrected chi connectivity index (χ3v) is 4.79. The highest BCUT2D eigenvalue weighted by Crippen LogP contribution is 2.24. The highest BCUT2D eigenvalue weighted by Gasteiger charge is 2.36. The molecule has 0 aromatic heterocycles. The van der Waals surface area contributed by atoms with Crippen LogP contribution < -0.4 is 5.32 Å². The van der Waals surface area contributed by atoms with Crippen molar-refractivity contribution in [3.8, 4) is 0 Å². The van der Waals surface area contributed by atoms with Crippen LogP contribution in [0.5, 0.6) is 0 Å². The Labute approximate surface area is 122 Å². The average molecular weight is 274 g/mol. The van der Waals surface area contributed by atoms with Crippen molar-refractivity contribution in [2.45, 2.75) is 50.9 Å². The molecule has 3 rings (SSSR count). The van der Waals surface area contributed by atoms with Crippen LogP contribution in [0, 0.1) is 0 Å². The maximum Gasteiger partial charge on any atom is 0.0703 e. The molecule has 0 spiro atoms. The van der Waals surface area contributed by atoms with Gasteiger partial charge in [0.05, 0.1) is 6.10 Å². The molecule has 20 heavy (non-hydrogen) atoms. The Morgan fingerprint density at radius 1 is 1.25 bits per heavy atom. The van der Waals surface area contributed by atoms with Gasteiger partial charge in [0.15, 0.2) is 0 Å². The smallest absolute Gasteiger partial charge is 0.0703 e. The Kier molecular flexibility index (Phi) is 4.39. The normalized spacial score (nSPS) is 35.3. The SMILES string of the molecule is CC1OCCC1N1CC(Cc2ccccc2)NCC1C. The summed E-state index contributed by atoms with van der Waals surface area (Å²) in [6.45, 7) is 7.69. The van der Waals surface area contributed by atoms with Gasteiger partial charge in [0.2, 0.25) is 0 Å². The maximum absolute atomic E-state index is 5.76. The molecule has 1 aromatic rings. The van der Waals surface area contributed by atoms with E-state index in [1.807, 2.05) is 0 Å². The molecule has 2 fully saturated rings. The molecule has 2 aliphatic rings. The summed E-state index contributed by atoms with van der Waals surface area (Å²) in [6, 6.07) is 12.6. The minimum absolute atomic E-state index is 0.382. The van der Waals surface area contributed by atoms with Gasteiger partial charge in [0.1, 0.15) is 0 Å². The standard InChI is InChI=1S/C17H26N2O/c1-13-11-18-16(10-15-6-4-3-5-7-15)12-19(13)17-8-9-20-14(17)2/h3-7,13-14,16-18H,8-12H2,1-2H3. The lowest BCUT2D eigenvalue weighted by Crippen LogP contribution is -2.60. The fourth-order valence-corrected chi connectivity index (χ4v) is 3.61. The molecule has 4 atom stereocenters. The van der Waals surface area contributed by atoms with E-state index in [0.717, 1.165) is 26.1 Å². The average Bonchev–Trinajstić information content (AvgIpc) is 2.88. The zero-order valence-electron chi connectivity index (χ0n) is 12.6. The Hall–Kier alpha value is -0.900. The first-order valence-corrected chi connectivity index (χ1v) is 7.88. The van der Waals surface area contributed by atoms with Crippen LogP contribution in [0.4, 0.5) is 0 Å². The lowest BCUT2D eigenvalue weighted by molar-refractivity contribution is 0.0364. The number of hydrogen-bond donors (Lipinski definition) is 1. The molecule has 0 saturated carbocycles. The Morgan fingerprint density at radius 3 is 2.75 bits per heavy atom. The van der Waals surface area contributed by atoms with Crippen molar-refractivity contribution in [3.05, 3.63) is 35.9 Å². The minimum Gasteiger partial charge on any atom is -0.377 e. The molecule has 4 unspecified atom stereocenters. The molecule has 110 valence electrons. The summed E-state index contributed by atoms with van der Waals surface area (Å²) in [7, 11) is 0. The van der Waals surface area contributed by atoms with E-state index in [0.29, 0.717) is 24.2 Å². The van der Waals surface area contributed by atoms with Gasteiger partial charge >= 0.3 is 0 Å². The van der Waals surface area contributed by atoms with Gasteiger partial charge in [0, 0.05) is 37.8 Å². The summed E-state index contributed by atoms with van der Waals surface area (Å²) in [5.41, 5.74) is 1.43. The number of ether oxygens (including phenoxy) is 1. The van der Waals surface area contributed by atoms with Gasteiger partial charge in [-0.25, -0.2) is 0 Å². The summed E-state index contributed by atoms with van der Waals surface area (Å²) in [6.07, 6.45) is 2.68. The molecular weight excluding hydrogens is 248 g/mol. The molecule has 0 aliphatic carbocycles. The summed E-state index contributed by atoms with van der Waals surface area (Å²) >= 11 is 0. The molecule has 2 aliphatic heterocycles. The van der Waals surface area contributed by atoms with Crippen LogP contribution in [0.2, 0.25) is 0 Å². The van der Waals surface area contributed by atoms with Crippen LogP contribution in [-0.4, -0.2) is 48.8 Å². The van der Waals surface area contributed by atoms with Crippen molar-refractivity contribution < 1.29 is 4.74 Å². The van der Waals surface area contributed by atoms with Gasteiger partial charge in [-0.2, -0.15) is 0 Å². The largest absolute Gasteiger partial charge is 0.377 e. The fourth-order valence-electron chi connectivity index (χ4n) is 3.61. The molecule has 2 heterocycles. The second-order valence-electron chi connectivity index (χ2n) is 6.27. The summed E-state index contributed by atoms with van der Waals surface area (Å²) < 4.78 is 5.76. The van der Waals surface area contributed by atoms with Gasteiger partial charge in [-0.1, -0.05) is 30.3 Å². The van der Waals surface area contributed by atoms with Gasteiger partial charge in [-0.15, -0.1) is 0 Å². The molecule has 0 amide bonds. The quantitative estimate of drug-likeness (QED) is 0.913. The lowest BCUT2D eigenvalue weighted by Gasteiger charge is -2.43. The molecule has 1 N–H and O–H groups in total. The second kappa shape index (κ2) is 6.25. The molecule has 2 saturated heterocycles. The number of rotatable bonds is 3. The van der Waals surface area contributed by atoms with Crippen molar-refractivity contribution in [2.24, 2.45) is 0 Å². The van der Waals surface area contributed by atoms with Crippen LogP contribution in [0.15, 0.2) is 30.3 Å². The van der Waals surface area contributed by atoms with Crippen LogP contribution >= 0.6 is 0 Å². The number of piperazine rings is 1. The van der Waals surface area contributed by atoms with E-state index in [-0.39, 0.29) is 0 Å². The van der Waals surface area contributed by atoms with Crippen molar-refractivity contribution in [3.63, 3.8) is 0 Å². The van der Waals surface area contributed by atoms with Crippen LogP contribution in [0.3, 0.4) is 0 Å². The van der Waals surface area contributed by atoms with Crippen molar-refractivity contribution in [2.75, 3.05) is 19.7 Å². The van der Waals surface area contributed by atoms with E-state index in [9.17, 15) is 0 Å². The fraction of sp³-hybridized carbons (Fsp3) is 0.647. The Balaban J connectivity index is 1.64. The molecule has 0 radical (unpaired) electrons. The van der Waals surface area contributed by atoms with Crippen LogP contribution in [0.25, 0.3) is 0 Å².